The summed E-state index contributed by atoms with van der Waals surface area (Å²) in [5.41, 5.74) is 0.467. The van der Waals surface area contributed by atoms with Crippen molar-refractivity contribution >= 4 is 27.0 Å². The molecule has 0 atom stereocenters. The van der Waals surface area contributed by atoms with E-state index in [0.717, 1.165) is 17.8 Å². The smallest absolute Gasteiger partial charge is 0.271 e. The van der Waals surface area contributed by atoms with Crippen molar-refractivity contribution in [3.8, 4) is 0 Å². The molecule has 0 radical (unpaired) electrons. The molecule has 8 heteroatoms. The van der Waals surface area contributed by atoms with Crippen LogP contribution in [-0.4, -0.2) is 30.8 Å². The SMILES string of the molecule is CC(C)NCCc1ccc(S(=O)(=O)Nc2cnn(C)c2)s1. The van der Waals surface area contributed by atoms with Gasteiger partial charge in [-0.1, -0.05) is 13.8 Å². The number of anilines is 1. The average Bonchev–Trinajstić information content (AvgIpc) is 2.98. The molecule has 2 rings (SSSR count). The summed E-state index contributed by atoms with van der Waals surface area (Å²) in [5.74, 6) is 0. The summed E-state index contributed by atoms with van der Waals surface area (Å²) in [5, 5.41) is 7.26. The van der Waals surface area contributed by atoms with Gasteiger partial charge in [0.25, 0.3) is 10.0 Å². The van der Waals surface area contributed by atoms with E-state index in [0.29, 0.717) is 15.9 Å². The monoisotopic (exact) mass is 328 g/mol. The number of nitrogens with zero attached hydrogens (tertiary/aromatic N) is 2. The molecule has 0 bridgehead atoms. The Balaban J connectivity index is 2.02. The van der Waals surface area contributed by atoms with Gasteiger partial charge >= 0.3 is 0 Å². The first-order valence-electron chi connectivity index (χ1n) is 6.70. The molecular formula is C13H20N4O2S2. The topological polar surface area (TPSA) is 76.0 Å². The van der Waals surface area contributed by atoms with Crippen molar-refractivity contribution in [2.45, 2.75) is 30.5 Å². The third-order valence-electron chi connectivity index (χ3n) is 2.78. The number of rotatable bonds is 7. The number of sulfonamides is 1. The van der Waals surface area contributed by atoms with Gasteiger partial charge in [-0.15, -0.1) is 11.3 Å². The first-order valence-corrected chi connectivity index (χ1v) is 9.00. The van der Waals surface area contributed by atoms with Crippen molar-refractivity contribution in [3.63, 3.8) is 0 Å². The highest BCUT2D eigenvalue weighted by molar-refractivity contribution is 7.94. The molecule has 2 N–H and O–H groups in total. The lowest BCUT2D eigenvalue weighted by Crippen LogP contribution is -2.24. The maximum Gasteiger partial charge on any atom is 0.271 e. The Morgan fingerprint density at radius 3 is 2.76 bits per heavy atom. The molecule has 0 aliphatic carbocycles. The van der Waals surface area contributed by atoms with E-state index in [9.17, 15) is 8.42 Å². The van der Waals surface area contributed by atoms with Crippen LogP contribution in [0.2, 0.25) is 0 Å². The molecule has 0 aliphatic rings. The van der Waals surface area contributed by atoms with Crippen molar-refractivity contribution in [2.75, 3.05) is 11.3 Å². The zero-order valence-corrected chi connectivity index (χ0v) is 14.0. The Bertz CT molecular complexity index is 689. The van der Waals surface area contributed by atoms with E-state index >= 15 is 0 Å². The Kier molecular flexibility index (Phi) is 5.02. The molecule has 0 fully saturated rings. The normalized spacial score (nSPS) is 12.0. The van der Waals surface area contributed by atoms with Gasteiger partial charge in [0.05, 0.1) is 11.9 Å². The molecule has 2 aromatic heterocycles. The van der Waals surface area contributed by atoms with Crippen LogP contribution in [0.4, 0.5) is 5.69 Å². The summed E-state index contributed by atoms with van der Waals surface area (Å²) < 4.78 is 28.9. The highest BCUT2D eigenvalue weighted by Gasteiger charge is 2.17. The summed E-state index contributed by atoms with van der Waals surface area (Å²) in [6.45, 7) is 5.01. The Morgan fingerprint density at radius 2 is 2.14 bits per heavy atom. The Labute approximate surface area is 129 Å². The van der Waals surface area contributed by atoms with E-state index in [1.165, 1.54) is 17.5 Å². The molecule has 2 aromatic rings. The van der Waals surface area contributed by atoms with Gasteiger partial charge in [-0.25, -0.2) is 8.42 Å². The molecule has 0 saturated carbocycles. The van der Waals surface area contributed by atoms with Gasteiger partial charge < -0.3 is 5.32 Å². The van der Waals surface area contributed by atoms with Crippen molar-refractivity contribution in [1.82, 2.24) is 15.1 Å². The van der Waals surface area contributed by atoms with Gasteiger partial charge in [0.2, 0.25) is 0 Å². The van der Waals surface area contributed by atoms with Gasteiger partial charge in [-0.2, -0.15) is 5.10 Å². The molecular weight excluding hydrogens is 308 g/mol. The fraction of sp³-hybridized carbons (Fsp3) is 0.462. The molecule has 0 aromatic carbocycles. The lowest BCUT2D eigenvalue weighted by atomic mass is 10.3. The van der Waals surface area contributed by atoms with E-state index in [-0.39, 0.29) is 0 Å². The third-order valence-corrected chi connectivity index (χ3v) is 5.80. The average molecular weight is 328 g/mol. The van der Waals surface area contributed by atoms with Crippen LogP contribution in [0.1, 0.15) is 18.7 Å². The number of hydrogen-bond acceptors (Lipinski definition) is 5. The van der Waals surface area contributed by atoms with Gasteiger partial charge in [0, 0.05) is 30.7 Å². The fourth-order valence-corrected chi connectivity index (χ4v) is 4.18. The number of nitrogens with one attached hydrogen (secondary N) is 2. The quantitative estimate of drug-likeness (QED) is 0.813. The molecule has 0 amide bonds. The standard InChI is InChI=1S/C13H20N4O2S2/c1-10(2)14-7-6-12-4-5-13(20-12)21(18,19)16-11-8-15-17(3)9-11/h4-5,8-10,14,16H,6-7H2,1-3H3. The Morgan fingerprint density at radius 1 is 1.38 bits per heavy atom. The second-order valence-corrected chi connectivity index (χ2v) is 8.17. The van der Waals surface area contributed by atoms with E-state index in [2.05, 4.69) is 29.0 Å². The summed E-state index contributed by atoms with van der Waals surface area (Å²) in [7, 11) is -1.79. The highest BCUT2D eigenvalue weighted by atomic mass is 32.2. The third kappa shape index (κ3) is 4.55. The summed E-state index contributed by atoms with van der Waals surface area (Å²) in [6.07, 6.45) is 3.93. The van der Waals surface area contributed by atoms with Crippen molar-refractivity contribution in [3.05, 3.63) is 29.4 Å². The van der Waals surface area contributed by atoms with E-state index < -0.39 is 10.0 Å². The van der Waals surface area contributed by atoms with Crippen LogP contribution in [0.3, 0.4) is 0 Å². The van der Waals surface area contributed by atoms with Crippen molar-refractivity contribution < 1.29 is 8.42 Å². The fourth-order valence-electron chi connectivity index (χ4n) is 1.80. The summed E-state index contributed by atoms with van der Waals surface area (Å²) >= 11 is 1.30. The van der Waals surface area contributed by atoms with Gasteiger partial charge in [-0.05, 0) is 18.6 Å². The Hall–Kier alpha value is -1.38. The molecule has 6 nitrogen and oxygen atoms in total. The first kappa shape index (κ1) is 16.0. The van der Waals surface area contributed by atoms with Crippen molar-refractivity contribution in [2.24, 2.45) is 7.05 Å². The number of aromatic nitrogens is 2. The first-order chi connectivity index (χ1) is 9.87. The molecule has 21 heavy (non-hydrogen) atoms. The van der Waals surface area contributed by atoms with E-state index in [1.54, 1.807) is 24.0 Å². The lowest BCUT2D eigenvalue weighted by Gasteiger charge is -2.06. The minimum absolute atomic E-state index is 0.325. The van der Waals surface area contributed by atoms with Crippen LogP contribution >= 0.6 is 11.3 Å². The molecule has 116 valence electrons. The van der Waals surface area contributed by atoms with Crippen LogP contribution < -0.4 is 10.0 Å². The predicted octanol–water partition coefficient (Wildman–Crippen LogP) is 1.82. The molecule has 2 heterocycles. The number of hydrogen-bond donors (Lipinski definition) is 2. The molecule has 0 saturated heterocycles. The van der Waals surface area contributed by atoms with Crippen LogP contribution in [-0.2, 0) is 23.5 Å². The maximum atomic E-state index is 12.3. The van der Waals surface area contributed by atoms with E-state index in [1.807, 2.05) is 6.07 Å². The van der Waals surface area contributed by atoms with Crippen LogP contribution in [0.15, 0.2) is 28.7 Å². The summed E-state index contributed by atoms with van der Waals surface area (Å²) in [6, 6.07) is 3.94. The minimum atomic E-state index is -3.53. The van der Waals surface area contributed by atoms with Crippen LogP contribution in [0.5, 0.6) is 0 Å². The zero-order valence-electron chi connectivity index (χ0n) is 12.3. The second-order valence-electron chi connectivity index (χ2n) is 5.09. The van der Waals surface area contributed by atoms with E-state index in [4.69, 9.17) is 0 Å². The van der Waals surface area contributed by atoms with Gasteiger partial charge in [-0.3, -0.25) is 9.40 Å². The summed E-state index contributed by atoms with van der Waals surface area (Å²) in [4.78, 5) is 1.05. The maximum absolute atomic E-state index is 12.3. The van der Waals surface area contributed by atoms with Crippen LogP contribution in [0.25, 0.3) is 0 Å². The highest BCUT2D eigenvalue weighted by Crippen LogP contribution is 2.24. The number of thiophene rings is 1. The second kappa shape index (κ2) is 6.59. The lowest BCUT2D eigenvalue weighted by molar-refractivity contribution is 0.592. The van der Waals surface area contributed by atoms with Crippen LogP contribution in [0, 0.1) is 0 Å². The van der Waals surface area contributed by atoms with Gasteiger partial charge in [0.1, 0.15) is 4.21 Å². The van der Waals surface area contributed by atoms with Gasteiger partial charge in [0.15, 0.2) is 0 Å². The molecule has 0 unspecified atom stereocenters. The predicted molar refractivity (Wildman–Crippen MR) is 85.2 cm³/mol. The largest absolute Gasteiger partial charge is 0.314 e. The molecule has 0 aliphatic heterocycles. The number of aryl methyl sites for hydroxylation is 1. The zero-order chi connectivity index (χ0) is 15.5. The van der Waals surface area contributed by atoms with Crippen molar-refractivity contribution in [1.29, 1.82) is 0 Å². The molecule has 0 spiro atoms. The minimum Gasteiger partial charge on any atom is -0.314 e.